The van der Waals surface area contributed by atoms with Crippen LogP contribution in [0.2, 0.25) is 0 Å². The van der Waals surface area contributed by atoms with E-state index in [2.05, 4.69) is 0 Å². The topological polar surface area (TPSA) is 32.8 Å². The lowest BCUT2D eigenvalue weighted by atomic mass is 10.1. The van der Waals surface area contributed by atoms with E-state index in [9.17, 15) is 18.0 Å². The van der Waals surface area contributed by atoms with Crippen molar-refractivity contribution in [3.05, 3.63) is 65.7 Å². The van der Waals surface area contributed by atoms with Crippen molar-refractivity contribution in [3.8, 4) is 0 Å². The van der Waals surface area contributed by atoms with Gasteiger partial charge in [0.25, 0.3) is 0 Å². The molecule has 27 heavy (non-hydrogen) atoms. The molecular formula is C20H21F3N2O2. The van der Waals surface area contributed by atoms with Gasteiger partial charge in [-0.15, -0.1) is 0 Å². The van der Waals surface area contributed by atoms with Crippen molar-refractivity contribution in [2.24, 2.45) is 0 Å². The number of anilines is 1. The Morgan fingerprint density at radius 1 is 0.926 bits per heavy atom. The van der Waals surface area contributed by atoms with Crippen LogP contribution in [0.25, 0.3) is 0 Å². The maximum atomic E-state index is 12.6. The van der Waals surface area contributed by atoms with Crippen LogP contribution in [-0.4, -0.2) is 43.6 Å². The van der Waals surface area contributed by atoms with E-state index in [1.807, 2.05) is 35.2 Å². The molecule has 0 aromatic heterocycles. The molecule has 0 bridgehead atoms. The highest BCUT2D eigenvalue weighted by atomic mass is 19.4. The molecule has 1 amide bonds. The van der Waals surface area contributed by atoms with Crippen LogP contribution in [0.4, 0.5) is 18.9 Å². The second-order valence-corrected chi connectivity index (χ2v) is 6.39. The number of carbonyl (C=O) groups is 1. The molecule has 4 nitrogen and oxygen atoms in total. The summed E-state index contributed by atoms with van der Waals surface area (Å²) in [5.41, 5.74) is 1.09. The van der Waals surface area contributed by atoms with Gasteiger partial charge in [0.15, 0.2) is 0 Å². The standard InChI is InChI=1S/C20H21F3N2O2/c21-20(22,23)17-6-8-18(9-7-17)24-10-12-25(13-11-24)19(26)15-27-14-16-4-2-1-3-5-16/h1-9H,10-15H2. The number of hydrogen-bond donors (Lipinski definition) is 0. The molecule has 3 rings (SSSR count). The number of nitrogens with zero attached hydrogens (tertiary/aromatic N) is 2. The SMILES string of the molecule is O=C(COCc1ccccc1)N1CCN(c2ccc(C(F)(F)F)cc2)CC1. The van der Waals surface area contributed by atoms with Gasteiger partial charge in [-0.05, 0) is 29.8 Å². The highest BCUT2D eigenvalue weighted by molar-refractivity contribution is 5.77. The van der Waals surface area contributed by atoms with E-state index in [-0.39, 0.29) is 12.5 Å². The van der Waals surface area contributed by atoms with E-state index in [4.69, 9.17) is 4.74 Å². The Labute approximate surface area is 156 Å². The normalized spacial score (nSPS) is 15.1. The van der Waals surface area contributed by atoms with Gasteiger partial charge in [-0.2, -0.15) is 13.2 Å². The van der Waals surface area contributed by atoms with Gasteiger partial charge < -0.3 is 14.5 Å². The Balaban J connectivity index is 1.45. The summed E-state index contributed by atoms with van der Waals surface area (Å²) in [4.78, 5) is 16.0. The predicted molar refractivity (Wildman–Crippen MR) is 96.3 cm³/mol. The van der Waals surface area contributed by atoms with Crippen LogP contribution < -0.4 is 4.90 Å². The van der Waals surface area contributed by atoms with Crippen molar-refractivity contribution in [2.45, 2.75) is 12.8 Å². The number of alkyl halides is 3. The smallest absolute Gasteiger partial charge is 0.368 e. The molecule has 0 N–H and O–H groups in total. The maximum absolute atomic E-state index is 12.6. The summed E-state index contributed by atoms with van der Waals surface area (Å²) < 4.78 is 43.4. The molecule has 1 aliphatic heterocycles. The average Bonchev–Trinajstić information content (AvgIpc) is 2.68. The molecule has 144 valence electrons. The summed E-state index contributed by atoms with van der Waals surface area (Å²) in [6.07, 6.45) is -4.33. The minimum absolute atomic E-state index is 0.0230. The van der Waals surface area contributed by atoms with Crippen LogP contribution in [0.3, 0.4) is 0 Å². The van der Waals surface area contributed by atoms with Crippen molar-refractivity contribution in [3.63, 3.8) is 0 Å². The molecular weight excluding hydrogens is 357 g/mol. The van der Waals surface area contributed by atoms with E-state index in [1.54, 1.807) is 4.90 Å². The van der Waals surface area contributed by atoms with Crippen LogP contribution >= 0.6 is 0 Å². The Morgan fingerprint density at radius 2 is 1.56 bits per heavy atom. The number of carbonyl (C=O) groups excluding carboxylic acids is 1. The van der Waals surface area contributed by atoms with Crippen molar-refractivity contribution >= 4 is 11.6 Å². The van der Waals surface area contributed by atoms with E-state index in [0.29, 0.717) is 32.8 Å². The monoisotopic (exact) mass is 378 g/mol. The highest BCUT2D eigenvalue weighted by Crippen LogP contribution is 2.30. The Bertz CT molecular complexity index is 740. The molecule has 2 aromatic carbocycles. The number of piperazine rings is 1. The summed E-state index contributed by atoms with van der Waals surface area (Å²) in [5, 5.41) is 0. The number of amides is 1. The Morgan fingerprint density at radius 3 is 2.15 bits per heavy atom. The third-order valence-corrected chi connectivity index (χ3v) is 4.53. The predicted octanol–water partition coefficient (Wildman–Crippen LogP) is 3.57. The maximum Gasteiger partial charge on any atom is 0.416 e. The van der Waals surface area contributed by atoms with Gasteiger partial charge >= 0.3 is 6.18 Å². The average molecular weight is 378 g/mol. The summed E-state index contributed by atoms with van der Waals surface area (Å²) in [5.74, 6) is -0.0713. The number of rotatable bonds is 5. The highest BCUT2D eigenvalue weighted by Gasteiger charge is 2.30. The van der Waals surface area contributed by atoms with Gasteiger partial charge in [-0.1, -0.05) is 30.3 Å². The molecule has 0 saturated carbocycles. The van der Waals surface area contributed by atoms with E-state index < -0.39 is 11.7 Å². The van der Waals surface area contributed by atoms with Gasteiger partial charge in [0, 0.05) is 31.9 Å². The van der Waals surface area contributed by atoms with Crippen molar-refractivity contribution in [2.75, 3.05) is 37.7 Å². The lowest BCUT2D eigenvalue weighted by molar-refractivity contribution is -0.138. The first-order chi connectivity index (χ1) is 12.9. The van der Waals surface area contributed by atoms with Gasteiger partial charge in [-0.25, -0.2) is 0 Å². The molecule has 2 aromatic rings. The quantitative estimate of drug-likeness (QED) is 0.798. The van der Waals surface area contributed by atoms with Crippen molar-refractivity contribution < 1.29 is 22.7 Å². The molecule has 0 atom stereocenters. The molecule has 7 heteroatoms. The largest absolute Gasteiger partial charge is 0.416 e. The minimum atomic E-state index is -4.33. The third-order valence-electron chi connectivity index (χ3n) is 4.53. The van der Waals surface area contributed by atoms with Gasteiger partial charge in [0.1, 0.15) is 6.61 Å². The fourth-order valence-corrected chi connectivity index (χ4v) is 3.00. The minimum Gasteiger partial charge on any atom is -0.368 e. The van der Waals surface area contributed by atoms with Crippen LogP contribution in [0, 0.1) is 0 Å². The first kappa shape index (κ1) is 19.2. The molecule has 0 unspecified atom stereocenters. The number of ether oxygens (including phenoxy) is 1. The number of halogens is 3. The zero-order valence-corrected chi connectivity index (χ0v) is 14.8. The van der Waals surface area contributed by atoms with Crippen molar-refractivity contribution in [1.29, 1.82) is 0 Å². The van der Waals surface area contributed by atoms with Gasteiger partial charge in [0.2, 0.25) is 5.91 Å². The van der Waals surface area contributed by atoms with Crippen molar-refractivity contribution in [1.82, 2.24) is 4.90 Å². The first-order valence-corrected chi connectivity index (χ1v) is 8.75. The zero-order valence-electron chi connectivity index (χ0n) is 14.8. The number of hydrogen-bond acceptors (Lipinski definition) is 3. The number of benzene rings is 2. The molecule has 0 aliphatic carbocycles. The lowest BCUT2D eigenvalue weighted by Crippen LogP contribution is -2.49. The summed E-state index contributed by atoms with van der Waals surface area (Å²) in [6, 6.07) is 14.8. The molecule has 0 spiro atoms. The van der Waals surface area contributed by atoms with E-state index in [0.717, 1.165) is 23.4 Å². The summed E-state index contributed by atoms with van der Waals surface area (Å²) in [6.45, 7) is 2.61. The van der Waals surface area contributed by atoms with Crippen LogP contribution in [0.5, 0.6) is 0 Å². The second kappa shape index (κ2) is 8.43. The van der Waals surface area contributed by atoms with Gasteiger partial charge in [0.05, 0.1) is 12.2 Å². The molecule has 1 aliphatic rings. The molecule has 1 heterocycles. The fraction of sp³-hybridized carbons (Fsp3) is 0.350. The van der Waals surface area contributed by atoms with E-state index >= 15 is 0 Å². The first-order valence-electron chi connectivity index (χ1n) is 8.75. The van der Waals surface area contributed by atoms with E-state index in [1.165, 1.54) is 12.1 Å². The summed E-state index contributed by atoms with van der Waals surface area (Å²) in [7, 11) is 0. The second-order valence-electron chi connectivity index (χ2n) is 6.39. The van der Waals surface area contributed by atoms with Crippen LogP contribution in [0.1, 0.15) is 11.1 Å². The molecule has 1 fully saturated rings. The van der Waals surface area contributed by atoms with Crippen LogP contribution in [0.15, 0.2) is 54.6 Å². The fourth-order valence-electron chi connectivity index (χ4n) is 3.00. The Kier molecular flexibility index (Phi) is 6.01. The third kappa shape index (κ3) is 5.23. The summed E-state index contributed by atoms with van der Waals surface area (Å²) >= 11 is 0. The van der Waals surface area contributed by atoms with Gasteiger partial charge in [-0.3, -0.25) is 4.79 Å². The van der Waals surface area contributed by atoms with Crippen LogP contribution in [-0.2, 0) is 22.3 Å². The Hall–Kier alpha value is -2.54. The molecule has 0 radical (unpaired) electrons. The lowest BCUT2D eigenvalue weighted by Gasteiger charge is -2.36. The molecule has 1 saturated heterocycles. The zero-order chi connectivity index (χ0) is 19.3.